The SMILES string of the molecule is CCn1nccc1C(C)NC(=O)c1ccc(Cn2cc([N+](=O)[O-])cn2)o1. The zero-order valence-electron chi connectivity index (χ0n) is 14.3. The van der Waals surface area contributed by atoms with Crippen molar-refractivity contribution in [3.05, 3.63) is 64.1 Å². The summed E-state index contributed by atoms with van der Waals surface area (Å²) >= 11 is 0. The molecule has 10 heteroatoms. The molecule has 26 heavy (non-hydrogen) atoms. The van der Waals surface area contributed by atoms with E-state index >= 15 is 0 Å². The molecule has 0 aromatic carbocycles. The lowest BCUT2D eigenvalue weighted by molar-refractivity contribution is -0.385. The third-order valence-electron chi connectivity index (χ3n) is 3.87. The molecule has 0 aliphatic heterocycles. The van der Waals surface area contributed by atoms with E-state index in [1.807, 2.05) is 24.6 Å². The number of carbonyl (C=O) groups excluding carboxylic acids is 1. The standard InChI is InChI=1S/C16H18N6O4/c1-3-21-14(6-7-17-21)11(2)19-16(23)15-5-4-13(26-15)10-20-9-12(8-18-20)22(24)25/h4-9,11H,3,10H2,1-2H3,(H,19,23). The highest BCUT2D eigenvalue weighted by molar-refractivity contribution is 5.91. The Morgan fingerprint density at radius 2 is 2.19 bits per heavy atom. The Bertz CT molecular complexity index is 925. The first kappa shape index (κ1) is 17.4. The maximum absolute atomic E-state index is 12.4. The molecular weight excluding hydrogens is 340 g/mol. The molecule has 0 saturated heterocycles. The van der Waals surface area contributed by atoms with Gasteiger partial charge < -0.3 is 9.73 Å². The molecule has 1 unspecified atom stereocenters. The van der Waals surface area contributed by atoms with Gasteiger partial charge in [-0.15, -0.1) is 0 Å². The van der Waals surface area contributed by atoms with Crippen molar-refractivity contribution in [3.63, 3.8) is 0 Å². The fourth-order valence-electron chi connectivity index (χ4n) is 2.59. The van der Waals surface area contributed by atoms with Crippen LogP contribution in [0.2, 0.25) is 0 Å². The first-order valence-electron chi connectivity index (χ1n) is 8.06. The number of nitrogens with one attached hydrogen (secondary N) is 1. The Hall–Kier alpha value is -3.43. The summed E-state index contributed by atoms with van der Waals surface area (Å²) in [4.78, 5) is 22.5. The van der Waals surface area contributed by atoms with Crippen LogP contribution in [0.4, 0.5) is 5.69 Å². The molecule has 10 nitrogen and oxygen atoms in total. The average molecular weight is 358 g/mol. The summed E-state index contributed by atoms with van der Waals surface area (Å²) < 4.78 is 8.71. The molecule has 0 bridgehead atoms. The predicted octanol–water partition coefficient (Wildman–Crippen LogP) is 2.14. The van der Waals surface area contributed by atoms with E-state index in [1.54, 1.807) is 18.3 Å². The number of hydrogen-bond donors (Lipinski definition) is 1. The molecule has 136 valence electrons. The molecule has 1 atom stereocenters. The largest absolute Gasteiger partial charge is 0.454 e. The summed E-state index contributed by atoms with van der Waals surface area (Å²) in [6.45, 7) is 4.75. The number of aromatic nitrogens is 4. The van der Waals surface area contributed by atoms with Gasteiger partial charge in [0.15, 0.2) is 5.76 Å². The van der Waals surface area contributed by atoms with E-state index in [9.17, 15) is 14.9 Å². The van der Waals surface area contributed by atoms with Crippen molar-refractivity contribution in [2.75, 3.05) is 0 Å². The molecule has 3 aromatic rings. The fraction of sp³-hybridized carbons (Fsp3) is 0.312. The first-order valence-corrected chi connectivity index (χ1v) is 8.06. The third-order valence-corrected chi connectivity index (χ3v) is 3.87. The van der Waals surface area contributed by atoms with Crippen LogP contribution in [-0.4, -0.2) is 30.4 Å². The van der Waals surface area contributed by atoms with Gasteiger partial charge in [-0.05, 0) is 32.0 Å². The van der Waals surface area contributed by atoms with Gasteiger partial charge in [-0.1, -0.05) is 0 Å². The molecule has 3 heterocycles. The lowest BCUT2D eigenvalue weighted by Gasteiger charge is -2.14. The van der Waals surface area contributed by atoms with E-state index in [2.05, 4.69) is 15.5 Å². The minimum absolute atomic E-state index is 0.101. The van der Waals surface area contributed by atoms with E-state index in [0.29, 0.717) is 12.3 Å². The van der Waals surface area contributed by atoms with Gasteiger partial charge in [-0.2, -0.15) is 10.2 Å². The Labute approximate surface area is 148 Å². The summed E-state index contributed by atoms with van der Waals surface area (Å²) in [6.07, 6.45) is 4.15. The summed E-state index contributed by atoms with van der Waals surface area (Å²) in [5, 5.41) is 21.6. The van der Waals surface area contributed by atoms with Crippen LogP contribution in [0, 0.1) is 10.1 Å². The van der Waals surface area contributed by atoms with Crippen LogP contribution < -0.4 is 5.32 Å². The number of carbonyl (C=O) groups is 1. The molecule has 0 aliphatic rings. The second-order valence-electron chi connectivity index (χ2n) is 5.69. The zero-order valence-corrected chi connectivity index (χ0v) is 14.3. The Kier molecular flexibility index (Phi) is 4.83. The van der Waals surface area contributed by atoms with Crippen molar-refractivity contribution in [2.24, 2.45) is 0 Å². The van der Waals surface area contributed by atoms with Gasteiger partial charge in [-0.25, -0.2) is 0 Å². The molecule has 0 saturated carbocycles. The summed E-state index contributed by atoms with van der Waals surface area (Å²) in [5.41, 5.74) is 0.798. The number of amides is 1. The summed E-state index contributed by atoms with van der Waals surface area (Å²) in [7, 11) is 0. The minimum atomic E-state index is -0.521. The Balaban J connectivity index is 1.65. The molecule has 1 N–H and O–H groups in total. The molecule has 0 fully saturated rings. The highest BCUT2D eigenvalue weighted by Crippen LogP contribution is 2.15. The van der Waals surface area contributed by atoms with Crippen LogP contribution in [0.15, 0.2) is 41.2 Å². The first-order chi connectivity index (χ1) is 12.5. The van der Waals surface area contributed by atoms with Crippen molar-refractivity contribution < 1.29 is 14.1 Å². The van der Waals surface area contributed by atoms with Gasteiger partial charge in [0.2, 0.25) is 0 Å². The van der Waals surface area contributed by atoms with Gasteiger partial charge in [0.05, 0.1) is 23.2 Å². The van der Waals surface area contributed by atoms with Crippen molar-refractivity contribution in [1.82, 2.24) is 24.9 Å². The summed E-state index contributed by atoms with van der Waals surface area (Å²) in [5.74, 6) is 0.287. The van der Waals surface area contributed by atoms with Crippen LogP contribution >= 0.6 is 0 Å². The van der Waals surface area contributed by atoms with Crippen molar-refractivity contribution >= 4 is 11.6 Å². The second kappa shape index (κ2) is 7.21. The van der Waals surface area contributed by atoms with Gasteiger partial charge in [0, 0.05) is 12.7 Å². The van der Waals surface area contributed by atoms with E-state index < -0.39 is 4.92 Å². The zero-order chi connectivity index (χ0) is 18.7. The molecule has 1 amide bonds. The van der Waals surface area contributed by atoms with Gasteiger partial charge >= 0.3 is 5.69 Å². The molecule has 3 aromatic heterocycles. The average Bonchev–Trinajstić information content (AvgIpc) is 3.35. The smallest absolute Gasteiger partial charge is 0.307 e. The Morgan fingerprint density at radius 3 is 2.88 bits per heavy atom. The lowest BCUT2D eigenvalue weighted by atomic mass is 10.2. The predicted molar refractivity (Wildman–Crippen MR) is 90.5 cm³/mol. The van der Waals surface area contributed by atoms with Crippen molar-refractivity contribution in [2.45, 2.75) is 33.0 Å². The van der Waals surface area contributed by atoms with E-state index in [0.717, 1.165) is 11.9 Å². The molecule has 3 rings (SSSR count). The number of rotatable bonds is 7. The molecule has 0 radical (unpaired) electrons. The van der Waals surface area contributed by atoms with Gasteiger partial charge in [0.25, 0.3) is 5.91 Å². The minimum Gasteiger partial charge on any atom is -0.454 e. The van der Waals surface area contributed by atoms with Crippen LogP contribution in [0.1, 0.15) is 41.9 Å². The Morgan fingerprint density at radius 1 is 1.38 bits per heavy atom. The van der Waals surface area contributed by atoms with Gasteiger partial charge in [-0.3, -0.25) is 24.3 Å². The van der Waals surface area contributed by atoms with Crippen LogP contribution in [0.3, 0.4) is 0 Å². The number of aryl methyl sites for hydroxylation is 1. The monoisotopic (exact) mass is 358 g/mol. The van der Waals surface area contributed by atoms with Crippen LogP contribution in [0.25, 0.3) is 0 Å². The number of nitrogens with zero attached hydrogens (tertiary/aromatic N) is 5. The van der Waals surface area contributed by atoms with Gasteiger partial charge in [0.1, 0.15) is 18.2 Å². The van der Waals surface area contributed by atoms with E-state index in [4.69, 9.17) is 4.42 Å². The summed E-state index contributed by atoms with van der Waals surface area (Å²) in [6, 6.07) is 4.83. The highest BCUT2D eigenvalue weighted by Gasteiger charge is 2.18. The van der Waals surface area contributed by atoms with E-state index in [1.165, 1.54) is 10.9 Å². The van der Waals surface area contributed by atoms with Crippen LogP contribution in [-0.2, 0) is 13.1 Å². The molecule has 0 spiro atoms. The second-order valence-corrected chi connectivity index (χ2v) is 5.69. The maximum Gasteiger partial charge on any atom is 0.307 e. The fourth-order valence-corrected chi connectivity index (χ4v) is 2.59. The maximum atomic E-state index is 12.4. The van der Waals surface area contributed by atoms with E-state index in [-0.39, 0.29) is 29.9 Å². The number of hydrogen-bond acceptors (Lipinski definition) is 6. The third kappa shape index (κ3) is 3.63. The lowest BCUT2D eigenvalue weighted by Crippen LogP contribution is -2.28. The van der Waals surface area contributed by atoms with Crippen molar-refractivity contribution in [1.29, 1.82) is 0 Å². The quantitative estimate of drug-likeness (QED) is 0.510. The highest BCUT2D eigenvalue weighted by atomic mass is 16.6. The molecule has 0 aliphatic carbocycles. The molecular formula is C16H18N6O4. The topological polar surface area (TPSA) is 121 Å². The number of nitro groups is 1. The van der Waals surface area contributed by atoms with Crippen LogP contribution in [0.5, 0.6) is 0 Å². The number of furan rings is 1. The normalized spacial score (nSPS) is 12.1. The van der Waals surface area contributed by atoms with Crippen molar-refractivity contribution in [3.8, 4) is 0 Å².